The lowest BCUT2D eigenvalue weighted by Gasteiger charge is -2.06. The molecule has 0 aromatic heterocycles. The van der Waals surface area contributed by atoms with Crippen molar-refractivity contribution in [3.63, 3.8) is 0 Å². The van der Waals surface area contributed by atoms with Crippen LogP contribution in [0.3, 0.4) is 0 Å². The number of rotatable bonds is 5. The second-order valence-electron chi connectivity index (χ2n) is 5.71. The molecule has 1 aliphatic rings. The van der Waals surface area contributed by atoms with Gasteiger partial charge in [-0.15, -0.1) is 0 Å². The Kier molecular flexibility index (Phi) is 3.90. The molecule has 0 amide bonds. The number of hydrogen-bond acceptors (Lipinski definition) is 3. The minimum atomic E-state index is 0.238. The number of nitrogens with zero attached hydrogens (tertiary/aromatic N) is 1. The molecule has 4 rings (SSSR count). The molecule has 2 unspecified atom stereocenters. The van der Waals surface area contributed by atoms with Crippen LogP contribution in [0.15, 0.2) is 84.9 Å². The van der Waals surface area contributed by atoms with Gasteiger partial charge in [0, 0.05) is 6.54 Å². The SMILES string of the molecule is c1ccc(CNN2NC2c2cccc(-c3ccccc3)c2)cc1. The van der Waals surface area contributed by atoms with Gasteiger partial charge in [-0.05, 0) is 28.3 Å². The van der Waals surface area contributed by atoms with Crippen molar-refractivity contribution in [2.24, 2.45) is 0 Å². The summed E-state index contributed by atoms with van der Waals surface area (Å²) in [7, 11) is 0. The summed E-state index contributed by atoms with van der Waals surface area (Å²) in [5, 5.41) is 2.05. The topological polar surface area (TPSA) is 37.0 Å². The van der Waals surface area contributed by atoms with Crippen molar-refractivity contribution in [1.29, 1.82) is 0 Å². The predicted octanol–water partition coefficient (Wildman–Crippen LogP) is 3.88. The van der Waals surface area contributed by atoms with Crippen molar-refractivity contribution in [3.8, 4) is 11.1 Å². The van der Waals surface area contributed by atoms with Gasteiger partial charge in [0.25, 0.3) is 0 Å². The van der Waals surface area contributed by atoms with E-state index in [1.54, 1.807) is 0 Å². The van der Waals surface area contributed by atoms with Crippen LogP contribution in [0.2, 0.25) is 0 Å². The van der Waals surface area contributed by atoms with Crippen LogP contribution in [0.4, 0.5) is 0 Å². The van der Waals surface area contributed by atoms with Crippen LogP contribution in [-0.2, 0) is 6.54 Å². The van der Waals surface area contributed by atoms with Crippen molar-refractivity contribution in [2.45, 2.75) is 12.7 Å². The number of hydrazine groups is 2. The Labute approximate surface area is 136 Å². The van der Waals surface area contributed by atoms with Gasteiger partial charge in [0.05, 0.1) is 0 Å². The van der Waals surface area contributed by atoms with Crippen molar-refractivity contribution in [1.82, 2.24) is 16.0 Å². The molecule has 0 bridgehead atoms. The summed E-state index contributed by atoms with van der Waals surface area (Å²) in [6.45, 7) is 0.822. The van der Waals surface area contributed by atoms with Crippen molar-refractivity contribution in [2.75, 3.05) is 0 Å². The number of nitrogens with one attached hydrogen (secondary N) is 2. The average molecular weight is 301 g/mol. The molecule has 2 N–H and O–H groups in total. The second-order valence-corrected chi connectivity index (χ2v) is 5.71. The van der Waals surface area contributed by atoms with Gasteiger partial charge in [0.15, 0.2) is 0 Å². The van der Waals surface area contributed by atoms with E-state index in [0.717, 1.165) is 6.54 Å². The summed E-state index contributed by atoms with van der Waals surface area (Å²) in [6, 6.07) is 29.6. The van der Waals surface area contributed by atoms with Gasteiger partial charge >= 0.3 is 0 Å². The molecule has 2 atom stereocenters. The Morgan fingerprint density at radius 1 is 0.783 bits per heavy atom. The fourth-order valence-electron chi connectivity index (χ4n) is 2.75. The van der Waals surface area contributed by atoms with Crippen LogP contribution < -0.4 is 10.9 Å². The van der Waals surface area contributed by atoms with Crippen LogP contribution in [-0.4, -0.2) is 5.12 Å². The van der Waals surface area contributed by atoms with Gasteiger partial charge in [-0.1, -0.05) is 78.9 Å². The highest BCUT2D eigenvalue weighted by molar-refractivity contribution is 5.64. The molecule has 0 saturated carbocycles. The highest BCUT2D eigenvalue weighted by atomic mass is 15.9. The summed E-state index contributed by atoms with van der Waals surface area (Å²) >= 11 is 0. The Morgan fingerprint density at radius 3 is 2.26 bits per heavy atom. The maximum Gasteiger partial charge on any atom is 0.128 e. The molecule has 3 heteroatoms. The van der Waals surface area contributed by atoms with E-state index in [1.807, 2.05) is 12.1 Å². The van der Waals surface area contributed by atoms with E-state index in [9.17, 15) is 0 Å². The minimum absolute atomic E-state index is 0.238. The van der Waals surface area contributed by atoms with Crippen LogP contribution in [0.25, 0.3) is 11.1 Å². The molecule has 1 saturated heterocycles. The second kappa shape index (κ2) is 6.34. The lowest BCUT2D eigenvalue weighted by atomic mass is 10.0. The zero-order chi connectivity index (χ0) is 15.5. The van der Waals surface area contributed by atoms with Gasteiger partial charge < -0.3 is 0 Å². The lowest BCUT2D eigenvalue weighted by Crippen LogP contribution is -2.22. The average Bonchev–Trinajstić information content (AvgIpc) is 3.42. The number of benzene rings is 3. The molecule has 114 valence electrons. The summed E-state index contributed by atoms with van der Waals surface area (Å²) in [6.07, 6.45) is 0.238. The minimum Gasteiger partial charge on any atom is -0.235 e. The third-order valence-corrected chi connectivity index (χ3v) is 4.06. The summed E-state index contributed by atoms with van der Waals surface area (Å²) < 4.78 is 0. The Morgan fingerprint density at radius 2 is 1.48 bits per heavy atom. The molecular formula is C20H19N3. The number of hydrogen-bond donors (Lipinski definition) is 2. The lowest BCUT2D eigenvalue weighted by molar-refractivity contribution is 0.345. The molecule has 1 aliphatic heterocycles. The first kappa shape index (κ1) is 14.2. The highest BCUT2D eigenvalue weighted by Crippen LogP contribution is 2.29. The Bertz CT molecular complexity index is 771. The van der Waals surface area contributed by atoms with Gasteiger partial charge in [0.1, 0.15) is 6.17 Å². The van der Waals surface area contributed by atoms with Gasteiger partial charge in [0.2, 0.25) is 0 Å². The quantitative estimate of drug-likeness (QED) is 0.702. The van der Waals surface area contributed by atoms with E-state index in [2.05, 4.69) is 88.8 Å². The Balaban J connectivity index is 1.42. The fourth-order valence-corrected chi connectivity index (χ4v) is 2.75. The van der Waals surface area contributed by atoms with Crippen LogP contribution in [0.5, 0.6) is 0 Å². The maximum atomic E-state index is 3.40. The van der Waals surface area contributed by atoms with Gasteiger partial charge in [-0.3, -0.25) is 0 Å². The zero-order valence-electron chi connectivity index (χ0n) is 12.8. The molecule has 0 spiro atoms. The molecule has 23 heavy (non-hydrogen) atoms. The maximum absolute atomic E-state index is 3.40. The normalized spacial score (nSPS) is 19.5. The third-order valence-electron chi connectivity index (χ3n) is 4.06. The molecule has 0 aliphatic carbocycles. The molecule has 0 radical (unpaired) electrons. The molecule has 3 aromatic carbocycles. The van der Waals surface area contributed by atoms with Crippen molar-refractivity contribution in [3.05, 3.63) is 96.1 Å². The van der Waals surface area contributed by atoms with Crippen molar-refractivity contribution >= 4 is 0 Å². The van der Waals surface area contributed by atoms with E-state index < -0.39 is 0 Å². The smallest absolute Gasteiger partial charge is 0.128 e. The molecular weight excluding hydrogens is 282 g/mol. The van der Waals surface area contributed by atoms with E-state index >= 15 is 0 Å². The first-order valence-corrected chi connectivity index (χ1v) is 7.88. The third kappa shape index (κ3) is 3.32. The van der Waals surface area contributed by atoms with Gasteiger partial charge in [-0.2, -0.15) is 5.12 Å². The van der Waals surface area contributed by atoms with E-state index in [1.165, 1.54) is 22.3 Å². The highest BCUT2D eigenvalue weighted by Gasteiger charge is 2.34. The molecule has 3 aromatic rings. The van der Waals surface area contributed by atoms with Crippen LogP contribution >= 0.6 is 0 Å². The summed E-state index contributed by atoms with van der Waals surface area (Å²) in [5.74, 6) is 0. The van der Waals surface area contributed by atoms with E-state index in [0.29, 0.717) is 0 Å². The first-order valence-electron chi connectivity index (χ1n) is 7.88. The van der Waals surface area contributed by atoms with E-state index in [4.69, 9.17) is 0 Å². The molecule has 3 nitrogen and oxygen atoms in total. The predicted molar refractivity (Wildman–Crippen MR) is 92.9 cm³/mol. The first-order chi connectivity index (χ1) is 11.4. The van der Waals surface area contributed by atoms with Crippen molar-refractivity contribution < 1.29 is 0 Å². The fraction of sp³-hybridized carbons (Fsp3) is 0.100. The molecule has 1 heterocycles. The standard InChI is InChI=1S/C20H19N3/c1-3-8-16(9-4-1)15-21-23-20(22-23)19-13-7-12-18(14-19)17-10-5-2-6-11-17/h1-14,20-22H,15H2. The summed E-state index contributed by atoms with van der Waals surface area (Å²) in [5.41, 5.74) is 11.8. The Hall–Kier alpha value is -2.46. The van der Waals surface area contributed by atoms with E-state index in [-0.39, 0.29) is 6.17 Å². The van der Waals surface area contributed by atoms with Crippen LogP contribution in [0, 0.1) is 0 Å². The zero-order valence-corrected chi connectivity index (χ0v) is 12.8. The van der Waals surface area contributed by atoms with Crippen LogP contribution in [0.1, 0.15) is 17.3 Å². The molecule has 1 fully saturated rings. The monoisotopic (exact) mass is 301 g/mol. The summed E-state index contributed by atoms with van der Waals surface area (Å²) in [4.78, 5) is 0. The largest absolute Gasteiger partial charge is 0.235 e. The van der Waals surface area contributed by atoms with Gasteiger partial charge in [-0.25, -0.2) is 10.9 Å².